The second-order valence-electron chi connectivity index (χ2n) is 9.07. The molecule has 0 radical (unpaired) electrons. The van der Waals surface area contributed by atoms with Gasteiger partial charge < -0.3 is 25.3 Å². The molecule has 0 aromatic carbocycles. The molecule has 0 spiro atoms. The molecule has 1 heterocycles. The lowest BCUT2D eigenvalue weighted by atomic mass is 10.0. The molecular formula is C21H43N4O5P. The molecule has 0 aromatic heterocycles. The lowest BCUT2D eigenvalue weighted by Crippen LogP contribution is -2.54. The summed E-state index contributed by atoms with van der Waals surface area (Å²) in [6.07, 6.45) is 5.96. The molecule has 0 bridgehead atoms. The van der Waals surface area contributed by atoms with E-state index in [9.17, 15) is 23.9 Å². The van der Waals surface area contributed by atoms with Crippen molar-refractivity contribution < 1.29 is 23.9 Å². The lowest BCUT2D eigenvalue weighted by Gasteiger charge is -2.28. The third-order valence-electron chi connectivity index (χ3n) is 5.64. The fourth-order valence-corrected chi connectivity index (χ4v) is 4.66. The van der Waals surface area contributed by atoms with Crippen molar-refractivity contribution in [3.63, 3.8) is 0 Å². The van der Waals surface area contributed by atoms with Gasteiger partial charge in [-0.15, -0.1) is 0 Å². The Morgan fingerprint density at radius 1 is 1.19 bits per heavy atom. The van der Waals surface area contributed by atoms with Crippen molar-refractivity contribution in [1.82, 2.24) is 20.9 Å². The van der Waals surface area contributed by atoms with Crippen molar-refractivity contribution in [3.8, 4) is 0 Å². The normalized spacial score (nSPS) is 22.5. The number of nitrogens with one attached hydrogen (secondary N) is 3. The average Bonchev–Trinajstić information content (AvgIpc) is 2.69. The second-order valence-corrected chi connectivity index (χ2v) is 10.9. The van der Waals surface area contributed by atoms with Crippen LogP contribution in [0.1, 0.15) is 72.1 Å². The van der Waals surface area contributed by atoms with Crippen molar-refractivity contribution in [3.05, 3.63) is 0 Å². The molecule has 182 valence electrons. The van der Waals surface area contributed by atoms with Gasteiger partial charge in [0.2, 0.25) is 11.8 Å². The molecule has 3 atom stereocenters. The van der Waals surface area contributed by atoms with Crippen LogP contribution in [-0.4, -0.2) is 71.0 Å². The predicted octanol–water partition coefficient (Wildman–Crippen LogP) is 1.79. The molecule has 5 N–H and O–H groups in total. The van der Waals surface area contributed by atoms with Crippen molar-refractivity contribution in [2.45, 2.75) is 90.0 Å². The molecule has 1 saturated heterocycles. The molecule has 31 heavy (non-hydrogen) atoms. The lowest BCUT2D eigenvalue weighted by molar-refractivity contribution is -0.130. The van der Waals surface area contributed by atoms with Gasteiger partial charge in [0.05, 0.1) is 6.04 Å². The van der Waals surface area contributed by atoms with Gasteiger partial charge in [-0.3, -0.25) is 19.5 Å². The van der Waals surface area contributed by atoms with E-state index in [1.54, 1.807) is 6.92 Å². The van der Waals surface area contributed by atoms with Gasteiger partial charge in [-0.2, -0.15) is 0 Å². The fourth-order valence-electron chi connectivity index (χ4n) is 3.81. The monoisotopic (exact) mass is 462 g/mol. The highest BCUT2D eigenvalue weighted by molar-refractivity contribution is 7.52. The fraction of sp³-hybridized carbons (Fsp3) is 0.905. The third-order valence-corrected chi connectivity index (χ3v) is 6.97. The van der Waals surface area contributed by atoms with Gasteiger partial charge in [-0.05, 0) is 71.0 Å². The zero-order chi connectivity index (χ0) is 23.4. The van der Waals surface area contributed by atoms with E-state index < -0.39 is 25.5 Å². The van der Waals surface area contributed by atoms with Crippen LogP contribution in [0.25, 0.3) is 0 Å². The van der Waals surface area contributed by atoms with Gasteiger partial charge in [-0.25, -0.2) is 0 Å². The van der Waals surface area contributed by atoms with Crippen LogP contribution >= 0.6 is 7.60 Å². The van der Waals surface area contributed by atoms with Crippen LogP contribution in [0.3, 0.4) is 0 Å². The van der Waals surface area contributed by atoms with Gasteiger partial charge in [0.1, 0.15) is 11.8 Å². The van der Waals surface area contributed by atoms with Gasteiger partial charge in [-0.1, -0.05) is 27.2 Å². The number of rotatable bonds is 8. The summed E-state index contributed by atoms with van der Waals surface area (Å²) >= 11 is 0. The molecular weight excluding hydrogens is 419 g/mol. The number of nitrogens with zero attached hydrogens (tertiary/aromatic N) is 1. The van der Waals surface area contributed by atoms with Crippen LogP contribution in [0.15, 0.2) is 0 Å². The molecule has 0 aromatic rings. The van der Waals surface area contributed by atoms with Crippen LogP contribution in [0, 0.1) is 5.92 Å². The van der Waals surface area contributed by atoms with Crippen molar-refractivity contribution in [2.24, 2.45) is 5.92 Å². The van der Waals surface area contributed by atoms with Crippen LogP contribution in [0.5, 0.6) is 0 Å². The first-order valence-corrected chi connectivity index (χ1v) is 13.3. The maximum Gasteiger partial charge on any atom is 0.342 e. The molecule has 0 saturated carbocycles. The van der Waals surface area contributed by atoms with Gasteiger partial charge in [0.15, 0.2) is 0 Å². The van der Waals surface area contributed by atoms with E-state index in [1.165, 1.54) is 0 Å². The second kappa shape index (κ2) is 14.2. The summed E-state index contributed by atoms with van der Waals surface area (Å²) in [6, 6.07) is -1.42. The van der Waals surface area contributed by atoms with E-state index in [1.807, 2.05) is 13.8 Å². The summed E-state index contributed by atoms with van der Waals surface area (Å²) < 4.78 is 11.8. The Labute approximate surface area is 187 Å². The summed E-state index contributed by atoms with van der Waals surface area (Å²) in [5, 5.41) is 8.63. The SMILES string of the molecule is CC[C@H](N[C@@H](CC(C)C)C(=O)NC1CCCCN(C)CCCCCNC1=O)P(=O)(O)O. The zero-order valence-corrected chi connectivity index (χ0v) is 20.5. The number of carbonyl (C=O) groups excluding carboxylic acids is 2. The highest BCUT2D eigenvalue weighted by Crippen LogP contribution is 2.41. The van der Waals surface area contributed by atoms with E-state index >= 15 is 0 Å². The molecule has 9 nitrogen and oxygen atoms in total. The van der Waals surface area contributed by atoms with Crippen molar-refractivity contribution >= 4 is 19.4 Å². The Bertz CT molecular complexity index is 598. The van der Waals surface area contributed by atoms with E-state index in [0.29, 0.717) is 19.4 Å². The van der Waals surface area contributed by atoms with E-state index in [0.717, 1.165) is 45.2 Å². The number of hydrogen-bond donors (Lipinski definition) is 5. The van der Waals surface area contributed by atoms with Crippen molar-refractivity contribution in [1.29, 1.82) is 0 Å². The summed E-state index contributed by atoms with van der Waals surface area (Å²) in [5.74, 6) is -1.53. The first kappa shape index (κ1) is 28.0. The van der Waals surface area contributed by atoms with Crippen LogP contribution in [0.2, 0.25) is 0 Å². The minimum absolute atomic E-state index is 0.141. The quantitative estimate of drug-likeness (QED) is 0.348. The van der Waals surface area contributed by atoms with E-state index in [4.69, 9.17) is 0 Å². The molecule has 1 unspecified atom stereocenters. The summed E-state index contributed by atoms with van der Waals surface area (Å²) in [4.78, 5) is 47.2. The number of amides is 2. The summed E-state index contributed by atoms with van der Waals surface area (Å²) in [6.45, 7) is 8.15. The Morgan fingerprint density at radius 2 is 1.84 bits per heavy atom. The number of hydrogen-bond acceptors (Lipinski definition) is 5. The van der Waals surface area contributed by atoms with E-state index in [-0.39, 0.29) is 24.2 Å². The molecule has 0 aliphatic carbocycles. The summed E-state index contributed by atoms with van der Waals surface area (Å²) in [7, 11) is -2.28. The third kappa shape index (κ3) is 11.4. The topological polar surface area (TPSA) is 131 Å². The van der Waals surface area contributed by atoms with E-state index in [2.05, 4.69) is 27.9 Å². The smallest absolute Gasteiger partial charge is 0.342 e. The van der Waals surface area contributed by atoms with Gasteiger partial charge in [0, 0.05) is 6.54 Å². The Hall–Kier alpha value is -0.990. The van der Waals surface area contributed by atoms with Crippen LogP contribution in [-0.2, 0) is 14.2 Å². The van der Waals surface area contributed by atoms with Crippen LogP contribution in [0.4, 0.5) is 0 Å². The predicted molar refractivity (Wildman–Crippen MR) is 123 cm³/mol. The van der Waals surface area contributed by atoms with Gasteiger partial charge >= 0.3 is 7.60 Å². The molecule has 1 aliphatic rings. The molecule has 10 heteroatoms. The maximum atomic E-state index is 13.0. The maximum absolute atomic E-state index is 13.0. The highest BCUT2D eigenvalue weighted by Gasteiger charge is 2.33. The standard InChI is InChI=1S/C21H43N4O5P/c1-5-19(31(28,29)30)23-18(15-16(2)3)21(27)24-17-11-7-10-14-25(4)13-9-6-8-12-22-20(17)26/h16-19,23H,5-15H2,1-4H3,(H,22,26)(H,24,27)(H2,28,29,30)/t17?,18-,19+/m0/s1. The van der Waals surface area contributed by atoms with Crippen LogP contribution < -0.4 is 16.0 Å². The first-order chi connectivity index (χ1) is 14.5. The van der Waals surface area contributed by atoms with Gasteiger partial charge in [0.25, 0.3) is 0 Å². The molecule has 2 amide bonds. The molecule has 1 fully saturated rings. The number of carbonyl (C=O) groups is 2. The largest absolute Gasteiger partial charge is 0.354 e. The highest BCUT2D eigenvalue weighted by atomic mass is 31.2. The Balaban J connectivity index is 2.86. The average molecular weight is 463 g/mol. The molecule has 1 aliphatic heterocycles. The Kier molecular flexibility index (Phi) is 12.9. The van der Waals surface area contributed by atoms with Crippen molar-refractivity contribution in [2.75, 3.05) is 26.7 Å². The summed E-state index contributed by atoms with van der Waals surface area (Å²) in [5.41, 5.74) is 0. The zero-order valence-electron chi connectivity index (χ0n) is 19.6. The molecule has 1 rings (SSSR count). The minimum atomic E-state index is -4.38. The minimum Gasteiger partial charge on any atom is -0.354 e. The first-order valence-electron chi connectivity index (χ1n) is 11.6. The Morgan fingerprint density at radius 3 is 2.42 bits per heavy atom.